The number of carbonyl (C=O) groups excluding carboxylic acids is 1. The second-order valence-corrected chi connectivity index (χ2v) is 7.46. The van der Waals surface area contributed by atoms with Crippen LogP contribution in [-0.2, 0) is 11.0 Å². The lowest BCUT2D eigenvalue weighted by atomic mass is 9.98. The minimum absolute atomic E-state index is 0.00314. The maximum absolute atomic E-state index is 13.0. The van der Waals surface area contributed by atoms with E-state index in [2.05, 4.69) is 20.6 Å². The monoisotopic (exact) mass is 443 g/mol. The van der Waals surface area contributed by atoms with E-state index < -0.39 is 17.6 Å². The second-order valence-electron chi connectivity index (χ2n) is 7.46. The molecular formula is C21H32F3N5O2. The standard InChI is InChI=1S/C21H32F3N5O2/c1-4-15(5-2)19(30)29-12-8-16(9-13-29)28-20(25-3)27-11-14-31-18-17(21(22,23)24)7-6-10-26-18/h6-7,10,15-16H,4-5,8-9,11-14H2,1-3H3,(H2,25,27,28). The number of hydrogen-bond acceptors (Lipinski definition) is 4. The van der Waals surface area contributed by atoms with E-state index in [1.165, 1.54) is 12.3 Å². The molecule has 7 nitrogen and oxygen atoms in total. The number of pyridine rings is 1. The summed E-state index contributed by atoms with van der Waals surface area (Å²) in [7, 11) is 1.63. The zero-order valence-corrected chi connectivity index (χ0v) is 18.3. The van der Waals surface area contributed by atoms with Crippen molar-refractivity contribution in [3.8, 4) is 5.88 Å². The lowest BCUT2D eigenvalue weighted by Crippen LogP contribution is -2.51. The molecule has 2 N–H and O–H groups in total. The van der Waals surface area contributed by atoms with Gasteiger partial charge in [0.05, 0.1) is 6.54 Å². The average molecular weight is 444 g/mol. The lowest BCUT2D eigenvalue weighted by Gasteiger charge is -2.34. The number of piperidine rings is 1. The van der Waals surface area contributed by atoms with Gasteiger partial charge in [0.2, 0.25) is 11.8 Å². The predicted molar refractivity (Wildman–Crippen MR) is 113 cm³/mol. The van der Waals surface area contributed by atoms with Gasteiger partial charge >= 0.3 is 6.18 Å². The van der Waals surface area contributed by atoms with E-state index in [0.717, 1.165) is 31.7 Å². The van der Waals surface area contributed by atoms with Crippen LogP contribution in [0.2, 0.25) is 0 Å². The molecule has 1 aromatic rings. The first-order valence-electron chi connectivity index (χ1n) is 10.7. The molecule has 10 heteroatoms. The number of nitrogens with zero attached hydrogens (tertiary/aromatic N) is 3. The van der Waals surface area contributed by atoms with Crippen molar-refractivity contribution in [3.63, 3.8) is 0 Å². The topological polar surface area (TPSA) is 78.9 Å². The minimum atomic E-state index is -4.51. The number of likely N-dealkylation sites (tertiary alicyclic amines) is 1. The van der Waals surface area contributed by atoms with E-state index in [1.807, 2.05) is 18.7 Å². The summed E-state index contributed by atoms with van der Waals surface area (Å²) < 4.78 is 44.1. The van der Waals surface area contributed by atoms with Gasteiger partial charge in [-0.3, -0.25) is 9.79 Å². The van der Waals surface area contributed by atoms with Gasteiger partial charge < -0.3 is 20.3 Å². The average Bonchev–Trinajstić information content (AvgIpc) is 2.76. The van der Waals surface area contributed by atoms with Gasteiger partial charge in [-0.25, -0.2) is 4.98 Å². The Morgan fingerprint density at radius 3 is 2.58 bits per heavy atom. The molecule has 0 atom stereocenters. The van der Waals surface area contributed by atoms with Crippen molar-refractivity contribution >= 4 is 11.9 Å². The number of ether oxygens (including phenoxy) is 1. The van der Waals surface area contributed by atoms with Gasteiger partial charge in [-0.05, 0) is 37.8 Å². The summed E-state index contributed by atoms with van der Waals surface area (Å²) in [6.07, 6.45) is 0.0834. The van der Waals surface area contributed by atoms with Crippen LogP contribution in [0.4, 0.5) is 13.2 Å². The van der Waals surface area contributed by atoms with Crippen LogP contribution in [-0.4, -0.2) is 61.1 Å². The van der Waals surface area contributed by atoms with Crippen molar-refractivity contribution in [1.29, 1.82) is 0 Å². The maximum Gasteiger partial charge on any atom is 0.421 e. The number of halogens is 3. The van der Waals surface area contributed by atoms with Crippen molar-refractivity contribution < 1.29 is 22.7 Å². The Balaban J connectivity index is 1.75. The van der Waals surface area contributed by atoms with Crippen LogP contribution < -0.4 is 15.4 Å². The van der Waals surface area contributed by atoms with Crippen LogP contribution in [0.3, 0.4) is 0 Å². The van der Waals surface area contributed by atoms with Gasteiger partial charge in [-0.15, -0.1) is 0 Å². The number of aromatic nitrogens is 1. The molecule has 0 bridgehead atoms. The largest absolute Gasteiger partial charge is 0.475 e. The zero-order chi connectivity index (χ0) is 22.9. The summed E-state index contributed by atoms with van der Waals surface area (Å²) in [5.41, 5.74) is -0.896. The smallest absolute Gasteiger partial charge is 0.421 e. The molecule has 0 radical (unpaired) electrons. The molecule has 0 spiro atoms. The van der Waals surface area contributed by atoms with Crippen molar-refractivity contribution in [1.82, 2.24) is 20.5 Å². The van der Waals surface area contributed by atoms with Crippen LogP contribution in [0.15, 0.2) is 23.3 Å². The number of alkyl halides is 3. The minimum Gasteiger partial charge on any atom is -0.475 e. The fourth-order valence-electron chi connectivity index (χ4n) is 3.57. The van der Waals surface area contributed by atoms with Gasteiger partial charge in [-0.2, -0.15) is 13.2 Å². The van der Waals surface area contributed by atoms with Crippen LogP contribution in [0.25, 0.3) is 0 Å². The SMILES string of the molecule is CCC(CC)C(=O)N1CCC(NC(=NC)NCCOc2ncccc2C(F)(F)F)CC1. The third-order valence-electron chi connectivity index (χ3n) is 5.42. The summed E-state index contributed by atoms with van der Waals surface area (Å²) in [5, 5.41) is 6.35. The highest BCUT2D eigenvalue weighted by Gasteiger charge is 2.35. The summed E-state index contributed by atoms with van der Waals surface area (Å²) in [6.45, 7) is 5.75. The molecule has 1 fully saturated rings. The molecule has 0 aliphatic carbocycles. The van der Waals surface area contributed by atoms with E-state index in [-0.39, 0.29) is 31.0 Å². The highest BCUT2D eigenvalue weighted by Crippen LogP contribution is 2.34. The number of rotatable bonds is 8. The van der Waals surface area contributed by atoms with Crippen LogP contribution in [0, 0.1) is 5.92 Å². The second kappa shape index (κ2) is 11.8. The highest BCUT2D eigenvalue weighted by molar-refractivity contribution is 5.80. The van der Waals surface area contributed by atoms with Gasteiger partial charge in [0.1, 0.15) is 12.2 Å². The molecular weight excluding hydrogens is 411 g/mol. The fourth-order valence-corrected chi connectivity index (χ4v) is 3.57. The molecule has 1 amide bonds. The number of amides is 1. The van der Waals surface area contributed by atoms with Crippen molar-refractivity contribution in [2.75, 3.05) is 33.3 Å². The predicted octanol–water partition coefficient (Wildman–Crippen LogP) is 3.07. The highest BCUT2D eigenvalue weighted by atomic mass is 19.4. The molecule has 0 saturated carbocycles. The first-order chi connectivity index (χ1) is 14.8. The summed E-state index contributed by atoms with van der Waals surface area (Å²) >= 11 is 0. The zero-order valence-electron chi connectivity index (χ0n) is 18.3. The van der Waals surface area contributed by atoms with E-state index in [9.17, 15) is 18.0 Å². The number of nitrogens with one attached hydrogen (secondary N) is 2. The molecule has 1 saturated heterocycles. The molecule has 2 rings (SSSR count). The van der Waals surface area contributed by atoms with E-state index in [0.29, 0.717) is 19.0 Å². The Morgan fingerprint density at radius 2 is 2.00 bits per heavy atom. The van der Waals surface area contributed by atoms with E-state index in [1.54, 1.807) is 7.05 Å². The van der Waals surface area contributed by atoms with Gasteiger partial charge in [0, 0.05) is 38.3 Å². The molecule has 174 valence electrons. The van der Waals surface area contributed by atoms with Crippen LogP contribution in [0.1, 0.15) is 45.1 Å². The van der Waals surface area contributed by atoms with Crippen LogP contribution in [0.5, 0.6) is 5.88 Å². The van der Waals surface area contributed by atoms with Crippen molar-refractivity contribution in [2.45, 2.75) is 51.7 Å². The third-order valence-corrected chi connectivity index (χ3v) is 5.42. The first kappa shape index (κ1) is 24.7. The Labute approximate surface area is 181 Å². The molecule has 2 heterocycles. The molecule has 1 aromatic heterocycles. The number of guanidine groups is 1. The van der Waals surface area contributed by atoms with Gasteiger partial charge in [0.25, 0.3) is 0 Å². The summed E-state index contributed by atoms with van der Waals surface area (Å²) in [6, 6.07) is 2.34. The Hall–Kier alpha value is -2.52. The Kier molecular flexibility index (Phi) is 9.39. The van der Waals surface area contributed by atoms with E-state index >= 15 is 0 Å². The van der Waals surface area contributed by atoms with Crippen molar-refractivity contribution in [3.05, 3.63) is 23.9 Å². The van der Waals surface area contributed by atoms with Gasteiger partial charge in [-0.1, -0.05) is 13.8 Å². The maximum atomic E-state index is 13.0. The summed E-state index contributed by atoms with van der Waals surface area (Å²) in [4.78, 5) is 22.3. The summed E-state index contributed by atoms with van der Waals surface area (Å²) in [5.74, 6) is 0.437. The quantitative estimate of drug-likeness (QED) is 0.367. The Bertz CT molecular complexity index is 730. The lowest BCUT2D eigenvalue weighted by molar-refractivity contribution is -0.139. The molecule has 31 heavy (non-hydrogen) atoms. The van der Waals surface area contributed by atoms with Gasteiger partial charge in [0.15, 0.2) is 5.96 Å². The normalized spacial score (nSPS) is 15.8. The molecule has 1 aliphatic rings. The molecule has 0 aromatic carbocycles. The first-order valence-corrected chi connectivity index (χ1v) is 10.7. The van der Waals surface area contributed by atoms with E-state index in [4.69, 9.17) is 4.74 Å². The Morgan fingerprint density at radius 1 is 1.32 bits per heavy atom. The fraction of sp³-hybridized carbons (Fsp3) is 0.667. The third kappa shape index (κ3) is 7.29. The van der Waals surface area contributed by atoms with Crippen LogP contribution >= 0.6 is 0 Å². The van der Waals surface area contributed by atoms with Crippen molar-refractivity contribution in [2.24, 2.45) is 10.9 Å². The number of aliphatic imine (C=N–C) groups is 1. The molecule has 1 aliphatic heterocycles. The number of hydrogen-bond donors (Lipinski definition) is 2. The molecule has 0 unspecified atom stereocenters. The number of carbonyl (C=O) groups is 1.